The number of likely N-dealkylation sites (tertiary alicyclic amines) is 2. The number of amides is 1. The van der Waals surface area contributed by atoms with Crippen LogP contribution in [0.5, 0.6) is 0 Å². The molecule has 2 fully saturated rings. The van der Waals surface area contributed by atoms with E-state index < -0.39 is 0 Å². The van der Waals surface area contributed by atoms with Crippen molar-refractivity contribution < 1.29 is 4.79 Å². The Labute approximate surface area is 138 Å². The summed E-state index contributed by atoms with van der Waals surface area (Å²) >= 11 is 1.47. The number of thiophene rings is 1. The van der Waals surface area contributed by atoms with Gasteiger partial charge in [-0.1, -0.05) is 0 Å². The van der Waals surface area contributed by atoms with Crippen LogP contribution in [0.25, 0.3) is 5.69 Å². The lowest BCUT2D eigenvalue weighted by atomic mass is 10.0. The third-order valence-electron chi connectivity index (χ3n) is 5.02. The van der Waals surface area contributed by atoms with Gasteiger partial charge in [0, 0.05) is 18.6 Å². The second kappa shape index (κ2) is 6.01. The minimum Gasteiger partial charge on any atom is -0.333 e. The average Bonchev–Trinajstić information content (AvgIpc) is 3.31. The predicted octanol–water partition coefficient (Wildman–Crippen LogP) is 1.42. The molecule has 0 spiro atoms. The second-order valence-electron chi connectivity index (χ2n) is 6.29. The predicted molar refractivity (Wildman–Crippen MR) is 86.7 cm³/mol. The van der Waals surface area contributed by atoms with E-state index in [1.165, 1.54) is 30.5 Å². The molecule has 23 heavy (non-hydrogen) atoms. The fourth-order valence-electron chi connectivity index (χ4n) is 3.91. The molecule has 8 heteroatoms. The maximum atomic E-state index is 13.1. The molecule has 0 bridgehead atoms. The molecule has 2 atom stereocenters. The first kappa shape index (κ1) is 14.8. The number of nitrogens with zero attached hydrogens (tertiary/aromatic N) is 6. The van der Waals surface area contributed by atoms with Gasteiger partial charge in [0.2, 0.25) is 0 Å². The van der Waals surface area contributed by atoms with E-state index in [-0.39, 0.29) is 5.91 Å². The van der Waals surface area contributed by atoms with E-state index in [0.717, 1.165) is 36.5 Å². The molecule has 0 unspecified atom stereocenters. The van der Waals surface area contributed by atoms with Gasteiger partial charge in [-0.2, -0.15) is 4.68 Å². The van der Waals surface area contributed by atoms with Crippen molar-refractivity contribution in [3.63, 3.8) is 0 Å². The maximum absolute atomic E-state index is 13.1. The molecule has 0 aliphatic carbocycles. The van der Waals surface area contributed by atoms with E-state index in [4.69, 9.17) is 0 Å². The van der Waals surface area contributed by atoms with Gasteiger partial charge in [0.05, 0.1) is 5.69 Å². The van der Waals surface area contributed by atoms with Crippen molar-refractivity contribution in [1.82, 2.24) is 30.0 Å². The number of aromatic nitrogens is 4. The minimum atomic E-state index is 0.119. The van der Waals surface area contributed by atoms with Gasteiger partial charge in [0.15, 0.2) is 0 Å². The molecule has 0 radical (unpaired) electrons. The van der Waals surface area contributed by atoms with Crippen LogP contribution in [0.3, 0.4) is 0 Å². The zero-order chi connectivity index (χ0) is 15.8. The summed E-state index contributed by atoms with van der Waals surface area (Å²) in [6.07, 6.45) is 6.15. The Morgan fingerprint density at radius 3 is 2.83 bits per heavy atom. The Hall–Kier alpha value is -1.80. The summed E-state index contributed by atoms with van der Waals surface area (Å²) in [5, 5.41) is 13.2. The van der Waals surface area contributed by atoms with Crippen LogP contribution in [0.15, 0.2) is 17.8 Å². The number of carbonyl (C=O) groups is 1. The Balaban J connectivity index is 1.60. The third-order valence-corrected chi connectivity index (χ3v) is 5.91. The minimum absolute atomic E-state index is 0.119. The van der Waals surface area contributed by atoms with Crippen LogP contribution in [-0.2, 0) is 0 Å². The molecule has 0 N–H and O–H groups in total. The molecule has 4 rings (SSSR count). The normalized spacial score (nSPS) is 25.3. The van der Waals surface area contributed by atoms with Crippen molar-refractivity contribution in [2.45, 2.75) is 37.8 Å². The van der Waals surface area contributed by atoms with Crippen LogP contribution in [0.4, 0.5) is 0 Å². The second-order valence-corrected chi connectivity index (χ2v) is 7.20. The van der Waals surface area contributed by atoms with Crippen molar-refractivity contribution >= 4 is 17.2 Å². The molecule has 0 aromatic carbocycles. The molecular weight excluding hydrogens is 312 g/mol. The van der Waals surface area contributed by atoms with Gasteiger partial charge in [0.25, 0.3) is 5.91 Å². The van der Waals surface area contributed by atoms with Crippen molar-refractivity contribution in [1.29, 1.82) is 0 Å². The monoisotopic (exact) mass is 332 g/mol. The van der Waals surface area contributed by atoms with E-state index in [0.29, 0.717) is 12.1 Å². The Bertz CT molecular complexity index is 684. The average molecular weight is 332 g/mol. The Kier molecular flexibility index (Phi) is 3.86. The first-order valence-electron chi connectivity index (χ1n) is 8.08. The first-order chi connectivity index (χ1) is 11.3. The van der Waals surface area contributed by atoms with Crippen LogP contribution >= 0.6 is 11.3 Å². The van der Waals surface area contributed by atoms with Gasteiger partial charge in [-0.3, -0.25) is 4.79 Å². The lowest BCUT2D eigenvalue weighted by molar-refractivity contribution is 0.0669. The Morgan fingerprint density at radius 2 is 2.09 bits per heavy atom. The standard InChI is InChI=1S/C15H20N6OS/c1-19-7-2-4-11(19)12-5-3-8-20(12)15(22)14-13(6-9-23-14)21-10-16-17-18-21/h6,9-12H,2-5,7-8H2,1H3/t11-,12-/m0/s1. The van der Waals surface area contributed by atoms with E-state index in [2.05, 4.69) is 32.4 Å². The van der Waals surface area contributed by atoms with Gasteiger partial charge in [-0.05, 0) is 61.1 Å². The van der Waals surface area contributed by atoms with Crippen molar-refractivity contribution in [2.24, 2.45) is 0 Å². The summed E-state index contributed by atoms with van der Waals surface area (Å²) in [4.78, 5) is 18.3. The topological polar surface area (TPSA) is 67.2 Å². The smallest absolute Gasteiger partial charge is 0.266 e. The number of hydrogen-bond acceptors (Lipinski definition) is 6. The third kappa shape index (κ3) is 2.55. The van der Waals surface area contributed by atoms with Crippen molar-refractivity contribution in [3.05, 3.63) is 22.7 Å². The zero-order valence-corrected chi connectivity index (χ0v) is 13.9. The van der Waals surface area contributed by atoms with Crippen molar-refractivity contribution in [3.8, 4) is 5.69 Å². The molecule has 122 valence electrons. The quantitative estimate of drug-likeness (QED) is 0.850. The maximum Gasteiger partial charge on any atom is 0.266 e. The molecule has 2 aromatic rings. The molecule has 7 nitrogen and oxygen atoms in total. The molecular formula is C15H20N6OS. The molecule has 1 amide bonds. The molecule has 2 saturated heterocycles. The number of rotatable bonds is 3. The Morgan fingerprint density at radius 1 is 1.26 bits per heavy atom. The van der Waals surface area contributed by atoms with Crippen molar-refractivity contribution in [2.75, 3.05) is 20.1 Å². The number of hydrogen-bond donors (Lipinski definition) is 0. The highest BCUT2D eigenvalue weighted by atomic mass is 32.1. The molecule has 4 heterocycles. The molecule has 2 aliphatic heterocycles. The molecule has 2 aromatic heterocycles. The summed E-state index contributed by atoms with van der Waals surface area (Å²) < 4.78 is 1.57. The van der Waals surface area contributed by atoms with Crippen LogP contribution in [0.2, 0.25) is 0 Å². The van der Waals surface area contributed by atoms with Crippen LogP contribution < -0.4 is 0 Å². The van der Waals surface area contributed by atoms with Gasteiger partial charge < -0.3 is 9.80 Å². The van der Waals surface area contributed by atoms with Gasteiger partial charge in [-0.25, -0.2) is 0 Å². The molecule has 0 saturated carbocycles. The van der Waals surface area contributed by atoms with Gasteiger partial charge in [0.1, 0.15) is 11.2 Å². The highest BCUT2D eigenvalue weighted by Gasteiger charge is 2.39. The largest absolute Gasteiger partial charge is 0.333 e. The summed E-state index contributed by atoms with van der Waals surface area (Å²) in [6.45, 7) is 1.98. The van der Waals surface area contributed by atoms with Gasteiger partial charge in [-0.15, -0.1) is 16.4 Å². The first-order valence-corrected chi connectivity index (χ1v) is 8.96. The summed E-state index contributed by atoms with van der Waals surface area (Å²) in [7, 11) is 2.18. The fraction of sp³-hybridized carbons (Fsp3) is 0.600. The van der Waals surface area contributed by atoms with Crippen LogP contribution in [0, 0.1) is 0 Å². The lowest BCUT2D eigenvalue weighted by Gasteiger charge is -2.33. The summed E-state index contributed by atoms with van der Waals surface area (Å²) in [6, 6.07) is 2.73. The van der Waals surface area contributed by atoms with E-state index >= 15 is 0 Å². The van der Waals surface area contributed by atoms with Gasteiger partial charge >= 0.3 is 0 Å². The highest BCUT2D eigenvalue weighted by Crippen LogP contribution is 2.32. The van der Waals surface area contributed by atoms with E-state index in [1.54, 1.807) is 4.68 Å². The van der Waals surface area contributed by atoms with Crippen LogP contribution in [-0.4, -0.2) is 68.1 Å². The lowest BCUT2D eigenvalue weighted by Crippen LogP contribution is -2.47. The zero-order valence-electron chi connectivity index (χ0n) is 13.1. The fourth-order valence-corrected chi connectivity index (χ4v) is 4.75. The number of tetrazole rings is 1. The van der Waals surface area contributed by atoms with E-state index in [1.807, 2.05) is 11.4 Å². The van der Waals surface area contributed by atoms with Crippen LogP contribution in [0.1, 0.15) is 35.4 Å². The highest BCUT2D eigenvalue weighted by molar-refractivity contribution is 7.12. The SMILES string of the molecule is CN1CCC[C@H]1[C@@H]1CCCN1C(=O)c1sccc1-n1cnnn1. The summed E-state index contributed by atoms with van der Waals surface area (Å²) in [5.74, 6) is 0.119. The molecule has 2 aliphatic rings. The van der Waals surface area contributed by atoms with E-state index in [9.17, 15) is 4.79 Å². The number of carbonyl (C=O) groups excluding carboxylic acids is 1. The summed E-state index contributed by atoms with van der Waals surface area (Å²) in [5.41, 5.74) is 0.774. The number of likely N-dealkylation sites (N-methyl/N-ethyl adjacent to an activating group) is 1.